The van der Waals surface area contributed by atoms with Crippen molar-refractivity contribution in [1.29, 1.82) is 0 Å². The van der Waals surface area contributed by atoms with Gasteiger partial charge in [-0.05, 0) is 62.2 Å². The van der Waals surface area contributed by atoms with Gasteiger partial charge in [0, 0.05) is 33.1 Å². The van der Waals surface area contributed by atoms with Crippen molar-refractivity contribution >= 4 is 39.9 Å². The Morgan fingerprint density at radius 2 is 1.84 bits per heavy atom. The van der Waals surface area contributed by atoms with Crippen molar-refractivity contribution in [3.63, 3.8) is 0 Å². The van der Waals surface area contributed by atoms with Gasteiger partial charge in [0.05, 0.1) is 0 Å². The van der Waals surface area contributed by atoms with Crippen LogP contribution in [-0.4, -0.2) is 11.7 Å². The van der Waals surface area contributed by atoms with Crippen molar-refractivity contribution in [2.24, 2.45) is 5.92 Å². The molecule has 3 aromatic rings. The van der Waals surface area contributed by atoms with Crippen molar-refractivity contribution in [2.75, 3.05) is 5.32 Å². The van der Waals surface area contributed by atoms with E-state index >= 15 is 0 Å². The van der Waals surface area contributed by atoms with Gasteiger partial charge in [-0.2, -0.15) is 0 Å². The highest BCUT2D eigenvalue weighted by molar-refractivity contribution is 6.30. The maximum absolute atomic E-state index is 12.7. The Morgan fingerprint density at radius 3 is 2.52 bits per heavy atom. The molecule has 1 amide bonds. The molecule has 5 heteroatoms. The predicted molar refractivity (Wildman–Crippen MR) is 97.2 cm³/mol. The molecule has 1 saturated carbocycles. The van der Waals surface area contributed by atoms with Gasteiger partial charge in [-0.1, -0.05) is 11.6 Å². The third-order valence-corrected chi connectivity index (χ3v) is 4.72. The standard InChI is InChI=1S/C20H16ClNO3/c1-11-16-10-15(22-20(24)13-2-3-13)8-9-17(16)25-19(11)18(23)12-4-6-14(21)7-5-12/h4-10,13H,2-3H2,1H3,(H,22,24). The third-order valence-electron chi connectivity index (χ3n) is 4.46. The Kier molecular flexibility index (Phi) is 3.85. The SMILES string of the molecule is Cc1c(C(=O)c2ccc(Cl)cc2)oc2ccc(NC(=O)C3CC3)cc12. The van der Waals surface area contributed by atoms with Crippen LogP contribution in [0.1, 0.15) is 34.5 Å². The minimum absolute atomic E-state index is 0.0537. The number of benzene rings is 2. The topological polar surface area (TPSA) is 59.3 Å². The first-order valence-corrected chi connectivity index (χ1v) is 8.55. The normalized spacial score (nSPS) is 13.8. The molecule has 0 radical (unpaired) electrons. The summed E-state index contributed by atoms with van der Waals surface area (Å²) in [6.45, 7) is 1.85. The Hall–Kier alpha value is -2.59. The van der Waals surface area contributed by atoms with Gasteiger partial charge in [-0.15, -0.1) is 0 Å². The quantitative estimate of drug-likeness (QED) is 0.673. The molecule has 0 aliphatic heterocycles. The second-order valence-corrected chi connectivity index (χ2v) is 6.80. The number of carbonyl (C=O) groups excluding carboxylic acids is 2. The summed E-state index contributed by atoms with van der Waals surface area (Å²) in [6, 6.07) is 12.1. The van der Waals surface area contributed by atoms with Gasteiger partial charge >= 0.3 is 0 Å². The van der Waals surface area contributed by atoms with Gasteiger partial charge in [-0.3, -0.25) is 9.59 Å². The number of anilines is 1. The number of carbonyl (C=O) groups is 2. The second-order valence-electron chi connectivity index (χ2n) is 6.37. The molecule has 1 aliphatic rings. The molecule has 1 N–H and O–H groups in total. The highest BCUT2D eigenvalue weighted by atomic mass is 35.5. The molecule has 1 fully saturated rings. The van der Waals surface area contributed by atoms with Crippen LogP contribution in [0.3, 0.4) is 0 Å². The van der Waals surface area contributed by atoms with E-state index in [9.17, 15) is 9.59 Å². The zero-order chi connectivity index (χ0) is 17.6. The number of hydrogen-bond acceptors (Lipinski definition) is 3. The predicted octanol–water partition coefficient (Wildman–Crippen LogP) is 4.97. The molecular weight excluding hydrogens is 338 g/mol. The number of fused-ring (bicyclic) bond motifs is 1. The van der Waals surface area contributed by atoms with Gasteiger partial charge in [0.15, 0.2) is 5.76 Å². The molecule has 25 heavy (non-hydrogen) atoms. The smallest absolute Gasteiger partial charge is 0.228 e. The number of hydrogen-bond donors (Lipinski definition) is 1. The average Bonchev–Trinajstić information content (AvgIpc) is 3.41. The zero-order valence-electron chi connectivity index (χ0n) is 13.6. The van der Waals surface area contributed by atoms with Crippen molar-refractivity contribution in [2.45, 2.75) is 19.8 Å². The van der Waals surface area contributed by atoms with E-state index in [0.717, 1.165) is 29.5 Å². The van der Waals surface area contributed by atoms with Crippen LogP contribution in [0.2, 0.25) is 5.02 Å². The van der Waals surface area contributed by atoms with E-state index in [4.69, 9.17) is 16.0 Å². The van der Waals surface area contributed by atoms with Crippen LogP contribution in [0.15, 0.2) is 46.9 Å². The van der Waals surface area contributed by atoms with E-state index in [2.05, 4.69) is 5.32 Å². The Bertz CT molecular complexity index is 984. The van der Waals surface area contributed by atoms with Gasteiger partial charge in [-0.25, -0.2) is 0 Å². The highest BCUT2D eigenvalue weighted by Crippen LogP contribution is 2.32. The van der Waals surface area contributed by atoms with Crippen molar-refractivity contribution in [3.8, 4) is 0 Å². The summed E-state index contributed by atoms with van der Waals surface area (Å²) in [5, 5.41) is 4.32. The molecule has 126 valence electrons. The lowest BCUT2D eigenvalue weighted by molar-refractivity contribution is -0.117. The third kappa shape index (κ3) is 3.05. The summed E-state index contributed by atoms with van der Waals surface area (Å²) >= 11 is 5.87. The fourth-order valence-corrected chi connectivity index (χ4v) is 2.96. The van der Waals surface area contributed by atoms with Gasteiger partial charge in [0.25, 0.3) is 0 Å². The molecule has 1 heterocycles. The molecule has 1 aliphatic carbocycles. The first-order chi connectivity index (χ1) is 12.0. The van der Waals surface area contributed by atoms with Crippen LogP contribution in [0.4, 0.5) is 5.69 Å². The van der Waals surface area contributed by atoms with Crippen LogP contribution < -0.4 is 5.32 Å². The maximum atomic E-state index is 12.7. The Labute approximate surface area is 149 Å². The van der Waals surface area contributed by atoms with E-state index in [1.165, 1.54) is 0 Å². The fraction of sp³-hybridized carbons (Fsp3) is 0.200. The molecule has 1 aromatic heterocycles. The lowest BCUT2D eigenvalue weighted by atomic mass is 10.0. The summed E-state index contributed by atoms with van der Waals surface area (Å²) in [7, 11) is 0. The number of ketones is 1. The van der Waals surface area contributed by atoms with E-state index in [1.54, 1.807) is 36.4 Å². The lowest BCUT2D eigenvalue weighted by Gasteiger charge is -2.03. The molecule has 4 nitrogen and oxygen atoms in total. The summed E-state index contributed by atoms with van der Waals surface area (Å²) in [5.41, 5.74) is 2.63. The first-order valence-electron chi connectivity index (χ1n) is 8.17. The largest absolute Gasteiger partial charge is 0.452 e. The zero-order valence-corrected chi connectivity index (χ0v) is 14.4. The van der Waals surface area contributed by atoms with E-state index < -0.39 is 0 Å². The summed E-state index contributed by atoms with van der Waals surface area (Å²) < 4.78 is 5.77. The van der Waals surface area contributed by atoms with Crippen LogP contribution >= 0.6 is 11.6 Å². The van der Waals surface area contributed by atoms with Crippen LogP contribution in [0.5, 0.6) is 0 Å². The molecule has 0 spiro atoms. The summed E-state index contributed by atoms with van der Waals surface area (Å²) in [5.74, 6) is 0.318. The fourth-order valence-electron chi connectivity index (χ4n) is 2.84. The number of nitrogens with one attached hydrogen (secondary N) is 1. The number of halogens is 1. The number of amides is 1. The van der Waals surface area contributed by atoms with Crippen molar-refractivity contribution in [3.05, 3.63) is 64.4 Å². The number of rotatable bonds is 4. The molecule has 0 unspecified atom stereocenters. The average molecular weight is 354 g/mol. The van der Waals surface area contributed by atoms with Gasteiger partial charge in [0.2, 0.25) is 11.7 Å². The van der Waals surface area contributed by atoms with Gasteiger partial charge in [0.1, 0.15) is 5.58 Å². The van der Waals surface area contributed by atoms with Crippen molar-refractivity contribution in [1.82, 2.24) is 0 Å². The van der Waals surface area contributed by atoms with Crippen LogP contribution in [0.25, 0.3) is 11.0 Å². The molecular formula is C20H16ClNO3. The first kappa shape index (κ1) is 15.9. The molecule has 2 aromatic carbocycles. The number of furan rings is 1. The second kappa shape index (κ2) is 6.05. The Balaban J connectivity index is 1.68. The molecule has 0 bridgehead atoms. The summed E-state index contributed by atoms with van der Waals surface area (Å²) in [4.78, 5) is 24.6. The lowest BCUT2D eigenvalue weighted by Crippen LogP contribution is -2.12. The number of aryl methyl sites for hydroxylation is 1. The van der Waals surface area contributed by atoms with Crippen LogP contribution in [-0.2, 0) is 4.79 Å². The van der Waals surface area contributed by atoms with Crippen molar-refractivity contribution < 1.29 is 14.0 Å². The van der Waals surface area contributed by atoms with Gasteiger partial charge < -0.3 is 9.73 Å². The Morgan fingerprint density at radius 1 is 1.12 bits per heavy atom. The highest BCUT2D eigenvalue weighted by Gasteiger charge is 2.29. The molecule has 0 saturated heterocycles. The van der Waals surface area contributed by atoms with E-state index in [0.29, 0.717) is 21.9 Å². The van der Waals surface area contributed by atoms with Crippen LogP contribution in [0, 0.1) is 12.8 Å². The minimum atomic E-state index is -0.186. The van der Waals surface area contributed by atoms with E-state index in [1.807, 2.05) is 13.0 Å². The molecule has 4 rings (SSSR count). The van der Waals surface area contributed by atoms with E-state index in [-0.39, 0.29) is 17.6 Å². The molecule has 0 atom stereocenters. The maximum Gasteiger partial charge on any atom is 0.228 e. The summed E-state index contributed by atoms with van der Waals surface area (Å²) in [6.07, 6.45) is 1.91. The monoisotopic (exact) mass is 353 g/mol. The minimum Gasteiger partial charge on any atom is -0.452 e.